The number of carbonyl (C=O) groups is 4. The van der Waals surface area contributed by atoms with E-state index in [4.69, 9.17) is 25.2 Å². The standard InChI is InChI=1S/C18H26O9/c19-15(20)9-11(17(23)24)3-1-5-13-7-8-14(27-13)6-2-4-12(18(25)26)10-16(21)22/h7,11-12,14H,1-6,8-10H2,(H,19,20)(H,21,22)(H,23,24)(H,25,26). The quantitative estimate of drug-likeness (QED) is 0.351. The first-order valence-corrected chi connectivity index (χ1v) is 8.94. The summed E-state index contributed by atoms with van der Waals surface area (Å²) in [5.41, 5.74) is 0. The molecule has 0 aromatic heterocycles. The maximum atomic E-state index is 11.0. The van der Waals surface area contributed by atoms with Gasteiger partial charge in [0.2, 0.25) is 0 Å². The molecule has 27 heavy (non-hydrogen) atoms. The predicted molar refractivity (Wildman–Crippen MR) is 92.0 cm³/mol. The van der Waals surface area contributed by atoms with E-state index in [2.05, 4.69) is 0 Å². The number of ether oxygens (including phenoxy) is 1. The lowest BCUT2D eigenvalue weighted by Gasteiger charge is -2.15. The number of carboxylic acid groups (broad SMARTS) is 4. The zero-order valence-electron chi connectivity index (χ0n) is 15.0. The molecule has 0 amide bonds. The number of aliphatic carboxylic acids is 4. The highest BCUT2D eigenvalue weighted by atomic mass is 16.5. The lowest BCUT2D eigenvalue weighted by atomic mass is 9.97. The van der Waals surface area contributed by atoms with Gasteiger partial charge in [-0.2, -0.15) is 0 Å². The molecule has 1 aliphatic heterocycles. The van der Waals surface area contributed by atoms with Gasteiger partial charge >= 0.3 is 23.9 Å². The molecule has 0 saturated heterocycles. The fourth-order valence-electron chi connectivity index (χ4n) is 3.07. The van der Waals surface area contributed by atoms with Gasteiger partial charge in [0.15, 0.2) is 0 Å². The van der Waals surface area contributed by atoms with E-state index in [0.717, 1.165) is 5.76 Å². The highest BCUT2D eigenvalue weighted by Crippen LogP contribution is 2.27. The van der Waals surface area contributed by atoms with Crippen LogP contribution >= 0.6 is 0 Å². The first-order chi connectivity index (χ1) is 12.7. The summed E-state index contributed by atoms with van der Waals surface area (Å²) in [6.45, 7) is 0. The summed E-state index contributed by atoms with van der Waals surface area (Å²) in [4.78, 5) is 43.4. The van der Waals surface area contributed by atoms with Gasteiger partial charge in [0.25, 0.3) is 0 Å². The van der Waals surface area contributed by atoms with Crippen molar-refractivity contribution >= 4 is 23.9 Å². The van der Waals surface area contributed by atoms with Crippen LogP contribution in [0.5, 0.6) is 0 Å². The SMILES string of the molecule is O=C(O)CC(CCCC1=CCC(CCCC(CC(=O)O)C(=O)O)O1)C(=O)O. The third kappa shape index (κ3) is 9.07. The van der Waals surface area contributed by atoms with Crippen molar-refractivity contribution in [2.24, 2.45) is 11.8 Å². The third-order valence-electron chi connectivity index (χ3n) is 4.52. The maximum Gasteiger partial charge on any atom is 0.307 e. The number of rotatable bonds is 14. The predicted octanol–water partition coefficient (Wildman–Crippen LogP) is 2.35. The van der Waals surface area contributed by atoms with E-state index in [9.17, 15) is 19.2 Å². The van der Waals surface area contributed by atoms with Crippen LogP contribution in [0.2, 0.25) is 0 Å². The van der Waals surface area contributed by atoms with Crippen LogP contribution < -0.4 is 0 Å². The minimum absolute atomic E-state index is 0.0893. The summed E-state index contributed by atoms with van der Waals surface area (Å²) in [5, 5.41) is 35.4. The number of carboxylic acids is 4. The molecular weight excluding hydrogens is 360 g/mol. The topological polar surface area (TPSA) is 158 Å². The molecule has 3 atom stereocenters. The molecule has 0 bridgehead atoms. The van der Waals surface area contributed by atoms with Crippen molar-refractivity contribution in [3.63, 3.8) is 0 Å². The van der Waals surface area contributed by atoms with Crippen LogP contribution in [0.4, 0.5) is 0 Å². The normalized spacial score (nSPS) is 18.2. The number of hydrogen-bond donors (Lipinski definition) is 4. The highest BCUT2D eigenvalue weighted by molar-refractivity contribution is 5.78. The molecule has 0 radical (unpaired) electrons. The van der Waals surface area contributed by atoms with Crippen molar-refractivity contribution in [3.05, 3.63) is 11.8 Å². The molecule has 1 aliphatic rings. The van der Waals surface area contributed by atoms with Crippen LogP contribution in [0.1, 0.15) is 57.8 Å². The van der Waals surface area contributed by atoms with Crippen molar-refractivity contribution in [2.45, 2.75) is 63.9 Å². The molecule has 0 aromatic carbocycles. The zero-order chi connectivity index (χ0) is 20.4. The fourth-order valence-corrected chi connectivity index (χ4v) is 3.07. The van der Waals surface area contributed by atoms with Crippen LogP contribution in [-0.2, 0) is 23.9 Å². The van der Waals surface area contributed by atoms with Crippen molar-refractivity contribution in [1.29, 1.82) is 0 Å². The van der Waals surface area contributed by atoms with E-state index >= 15 is 0 Å². The van der Waals surface area contributed by atoms with Crippen LogP contribution in [0.3, 0.4) is 0 Å². The van der Waals surface area contributed by atoms with Crippen LogP contribution in [0.25, 0.3) is 0 Å². The second-order valence-corrected chi connectivity index (χ2v) is 6.74. The molecule has 0 spiro atoms. The van der Waals surface area contributed by atoms with E-state index in [1.165, 1.54) is 0 Å². The molecule has 1 heterocycles. The largest absolute Gasteiger partial charge is 0.495 e. The van der Waals surface area contributed by atoms with Gasteiger partial charge in [-0.1, -0.05) is 0 Å². The van der Waals surface area contributed by atoms with E-state index in [1.54, 1.807) is 0 Å². The van der Waals surface area contributed by atoms with Gasteiger partial charge in [0.05, 0.1) is 30.4 Å². The van der Waals surface area contributed by atoms with Gasteiger partial charge in [0.1, 0.15) is 6.10 Å². The van der Waals surface area contributed by atoms with E-state index < -0.39 is 48.6 Å². The smallest absolute Gasteiger partial charge is 0.307 e. The van der Waals surface area contributed by atoms with Gasteiger partial charge in [-0.25, -0.2) is 0 Å². The second-order valence-electron chi connectivity index (χ2n) is 6.74. The van der Waals surface area contributed by atoms with Crippen molar-refractivity contribution < 1.29 is 44.3 Å². The number of hydrogen-bond acceptors (Lipinski definition) is 5. The summed E-state index contributed by atoms with van der Waals surface area (Å²) in [6, 6.07) is 0. The lowest BCUT2D eigenvalue weighted by molar-refractivity contribution is -0.148. The number of allylic oxidation sites excluding steroid dienone is 1. The Morgan fingerprint density at radius 1 is 0.926 bits per heavy atom. The Morgan fingerprint density at radius 3 is 1.93 bits per heavy atom. The Kier molecular flexibility index (Phi) is 9.32. The monoisotopic (exact) mass is 386 g/mol. The first-order valence-electron chi connectivity index (χ1n) is 8.94. The minimum atomic E-state index is -1.14. The second kappa shape index (κ2) is 11.2. The molecule has 0 saturated carbocycles. The third-order valence-corrected chi connectivity index (χ3v) is 4.52. The summed E-state index contributed by atoms with van der Waals surface area (Å²) in [6.07, 6.45) is 4.38. The molecular formula is C18H26O9. The Bertz CT molecular complexity index is 581. The van der Waals surface area contributed by atoms with E-state index in [1.807, 2.05) is 6.08 Å². The van der Waals surface area contributed by atoms with Crippen LogP contribution in [-0.4, -0.2) is 50.4 Å². The molecule has 0 aliphatic carbocycles. The molecule has 0 fully saturated rings. The summed E-state index contributed by atoms with van der Waals surface area (Å²) in [5.74, 6) is -5.59. The molecule has 9 heteroatoms. The molecule has 3 unspecified atom stereocenters. The Morgan fingerprint density at radius 2 is 1.44 bits per heavy atom. The summed E-state index contributed by atoms with van der Waals surface area (Å²) in [7, 11) is 0. The van der Waals surface area contributed by atoms with Gasteiger partial charge < -0.3 is 25.2 Å². The van der Waals surface area contributed by atoms with Gasteiger partial charge in [-0.05, 0) is 38.2 Å². The van der Waals surface area contributed by atoms with Gasteiger partial charge in [-0.3, -0.25) is 19.2 Å². The summed E-state index contributed by atoms with van der Waals surface area (Å²) < 4.78 is 5.74. The molecule has 4 N–H and O–H groups in total. The van der Waals surface area contributed by atoms with E-state index in [-0.39, 0.29) is 18.9 Å². The van der Waals surface area contributed by atoms with Gasteiger partial charge in [0, 0.05) is 12.8 Å². The highest BCUT2D eigenvalue weighted by Gasteiger charge is 2.24. The van der Waals surface area contributed by atoms with Crippen molar-refractivity contribution in [2.75, 3.05) is 0 Å². The molecule has 9 nitrogen and oxygen atoms in total. The molecule has 1 rings (SSSR count). The van der Waals surface area contributed by atoms with Gasteiger partial charge in [-0.15, -0.1) is 0 Å². The first kappa shape index (κ1) is 22.5. The van der Waals surface area contributed by atoms with Crippen molar-refractivity contribution in [1.82, 2.24) is 0 Å². The Balaban J connectivity index is 2.27. The molecule has 0 aromatic rings. The zero-order valence-corrected chi connectivity index (χ0v) is 15.0. The van der Waals surface area contributed by atoms with E-state index in [0.29, 0.717) is 32.1 Å². The average molecular weight is 386 g/mol. The van der Waals surface area contributed by atoms with Crippen LogP contribution in [0, 0.1) is 11.8 Å². The Hall–Kier alpha value is -2.58. The maximum absolute atomic E-state index is 11.0. The van der Waals surface area contributed by atoms with Crippen molar-refractivity contribution in [3.8, 4) is 0 Å². The van der Waals surface area contributed by atoms with Crippen LogP contribution in [0.15, 0.2) is 11.8 Å². The minimum Gasteiger partial charge on any atom is -0.495 e. The summed E-state index contributed by atoms with van der Waals surface area (Å²) >= 11 is 0. The molecule has 152 valence electrons. The Labute approximate surface area is 156 Å². The fraction of sp³-hybridized carbons (Fsp3) is 0.667. The average Bonchev–Trinajstić information content (AvgIpc) is 2.99. The lowest BCUT2D eigenvalue weighted by Crippen LogP contribution is -2.18.